The maximum absolute atomic E-state index is 13.0. The number of fused-ring (bicyclic) bond motifs is 1. The van der Waals surface area contributed by atoms with Gasteiger partial charge in [-0.2, -0.15) is 0 Å². The molecule has 6 nitrogen and oxygen atoms in total. The summed E-state index contributed by atoms with van der Waals surface area (Å²) in [5.41, 5.74) is 1.80. The van der Waals surface area contributed by atoms with Gasteiger partial charge in [0.15, 0.2) is 0 Å². The Balaban J connectivity index is 1.85. The molecule has 0 saturated carbocycles. The number of carbonyl (C=O) groups is 2. The smallest absolute Gasteiger partial charge is 0.242 e. The average Bonchev–Trinajstić information content (AvgIpc) is 2.89. The minimum absolute atomic E-state index is 0.00834. The third-order valence-corrected chi connectivity index (χ3v) is 6.04. The predicted octanol–water partition coefficient (Wildman–Crippen LogP) is 4.05. The highest BCUT2D eigenvalue weighted by Gasteiger charge is 2.24. The molecule has 1 saturated heterocycles. The van der Waals surface area contributed by atoms with Crippen LogP contribution in [0.1, 0.15) is 71.2 Å². The molecule has 1 fully saturated rings. The number of hydrogen-bond acceptors (Lipinski definition) is 3. The maximum Gasteiger partial charge on any atom is 0.242 e. The second-order valence-electron chi connectivity index (χ2n) is 8.08. The molecule has 1 unspecified atom stereocenters. The highest BCUT2D eigenvalue weighted by Crippen LogP contribution is 2.22. The summed E-state index contributed by atoms with van der Waals surface area (Å²) in [7, 11) is 0. The summed E-state index contributed by atoms with van der Waals surface area (Å²) < 4.78 is 1.99. The fourth-order valence-electron chi connectivity index (χ4n) is 4.20. The van der Waals surface area contributed by atoms with Gasteiger partial charge in [0.25, 0.3) is 0 Å². The van der Waals surface area contributed by atoms with E-state index in [4.69, 9.17) is 4.98 Å². The summed E-state index contributed by atoms with van der Waals surface area (Å²) in [6.45, 7) is 7.96. The van der Waals surface area contributed by atoms with Crippen molar-refractivity contribution in [1.82, 2.24) is 19.8 Å². The lowest BCUT2D eigenvalue weighted by molar-refractivity contribution is -0.131. The molecule has 29 heavy (non-hydrogen) atoms. The first kappa shape index (κ1) is 21.3. The topological polar surface area (TPSA) is 67.2 Å². The molecule has 0 radical (unpaired) electrons. The fraction of sp³-hybridized carbons (Fsp3) is 0.609. The summed E-state index contributed by atoms with van der Waals surface area (Å²) in [4.78, 5) is 32.4. The third kappa shape index (κ3) is 4.98. The zero-order chi connectivity index (χ0) is 20.8. The van der Waals surface area contributed by atoms with Crippen LogP contribution in [0.15, 0.2) is 24.3 Å². The number of nitrogens with zero attached hydrogens (tertiary/aromatic N) is 3. The van der Waals surface area contributed by atoms with E-state index in [-0.39, 0.29) is 30.3 Å². The summed E-state index contributed by atoms with van der Waals surface area (Å²) in [6, 6.07) is 7.62. The van der Waals surface area contributed by atoms with Crippen LogP contribution in [0.5, 0.6) is 0 Å². The molecule has 1 aromatic carbocycles. The number of nitrogens with one attached hydrogen (secondary N) is 1. The molecule has 0 spiro atoms. The Hall–Kier alpha value is -2.37. The monoisotopic (exact) mass is 398 g/mol. The van der Waals surface area contributed by atoms with E-state index >= 15 is 0 Å². The van der Waals surface area contributed by atoms with E-state index in [1.54, 1.807) is 0 Å². The largest absolute Gasteiger partial charge is 0.346 e. The van der Waals surface area contributed by atoms with Gasteiger partial charge in [-0.1, -0.05) is 38.8 Å². The number of rotatable bonds is 7. The van der Waals surface area contributed by atoms with Gasteiger partial charge in [-0.25, -0.2) is 4.98 Å². The first-order valence-electron chi connectivity index (χ1n) is 11.1. The summed E-state index contributed by atoms with van der Waals surface area (Å²) in [5, 5.41) is 3.12. The van der Waals surface area contributed by atoms with E-state index in [0.717, 1.165) is 55.6 Å². The van der Waals surface area contributed by atoms with Crippen LogP contribution in [0, 0.1) is 5.92 Å². The fourth-order valence-corrected chi connectivity index (χ4v) is 4.20. The van der Waals surface area contributed by atoms with Gasteiger partial charge in [0.05, 0.1) is 17.1 Å². The first-order valence-corrected chi connectivity index (χ1v) is 11.1. The number of aromatic nitrogens is 2. The quantitative estimate of drug-likeness (QED) is 0.765. The van der Waals surface area contributed by atoms with Gasteiger partial charge in [0, 0.05) is 19.0 Å². The van der Waals surface area contributed by atoms with Crippen molar-refractivity contribution in [3.8, 4) is 0 Å². The number of benzene rings is 1. The lowest BCUT2D eigenvalue weighted by atomic mass is 10.0. The summed E-state index contributed by atoms with van der Waals surface area (Å²) in [6.07, 6.45) is 6.18. The summed E-state index contributed by atoms with van der Waals surface area (Å²) >= 11 is 0. The Morgan fingerprint density at radius 3 is 2.38 bits per heavy atom. The van der Waals surface area contributed by atoms with Gasteiger partial charge < -0.3 is 14.8 Å². The minimum atomic E-state index is -0.257. The highest BCUT2D eigenvalue weighted by molar-refractivity contribution is 5.82. The zero-order valence-corrected chi connectivity index (χ0v) is 18.0. The highest BCUT2D eigenvalue weighted by atomic mass is 16.2. The van der Waals surface area contributed by atoms with E-state index in [0.29, 0.717) is 0 Å². The zero-order valence-electron chi connectivity index (χ0n) is 18.0. The molecule has 1 aliphatic heterocycles. The number of hydrogen-bond donors (Lipinski definition) is 1. The second kappa shape index (κ2) is 9.90. The van der Waals surface area contributed by atoms with Crippen LogP contribution in [0.4, 0.5) is 0 Å². The predicted molar refractivity (Wildman–Crippen MR) is 115 cm³/mol. The molecule has 1 aromatic heterocycles. The van der Waals surface area contributed by atoms with E-state index < -0.39 is 0 Å². The Morgan fingerprint density at radius 1 is 1.07 bits per heavy atom. The molecule has 0 aliphatic carbocycles. The van der Waals surface area contributed by atoms with Gasteiger partial charge in [-0.3, -0.25) is 9.59 Å². The molecular weight excluding hydrogens is 364 g/mol. The van der Waals surface area contributed by atoms with Gasteiger partial charge >= 0.3 is 0 Å². The second-order valence-corrected chi connectivity index (χ2v) is 8.08. The van der Waals surface area contributed by atoms with Crippen LogP contribution >= 0.6 is 0 Å². The van der Waals surface area contributed by atoms with Crippen LogP contribution in [0.2, 0.25) is 0 Å². The molecule has 2 amide bonds. The minimum Gasteiger partial charge on any atom is -0.346 e. The van der Waals surface area contributed by atoms with Crippen molar-refractivity contribution in [2.75, 3.05) is 13.1 Å². The van der Waals surface area contributed by atoms with E-state index in [1.807, 2.05) is 54.5 Å². The van der Waals surface area contributed by atoms with Crippen molar-refractivity contribution in [2.45, 2.75) is 71.9 Å². The number of amides is 2. The first-order chi connectivity index (χ1) is 14.0. The Kier molecular flexibility index (Phi) is 7.29. The lowest BCUT2D eigenvalue weighted by Crippen LogP contribution is -2.36. The molecule has 6 heteroatoms. The van der Waals surface area contributed by atoms with Gasteiger partial charge in [0.2, 0.25) is 11.8 Å². The van der Waals surface area contributed by atoms with Crippen molar-refractivity contribution < 1.29 is 9.59 Å². The number of para-hydroxylation sites is 2. The number of carbonyl (C=O) groups excluding carboxylic acids is 2. The Labute approximate surface area is 173 Å². The molecule has 1 atom stereocenters. The SMILES string of the molecule is CCC(CC)C(=O)NC(C)c1nc2ccccc2n1CC(=O)N1CCCCCC1. The Morgan fingerprint density at radius 2 is 1.72 bits per heavy atom. The van der Waals surface area contributed by atoms with Crippen LogP contribution in [-0.4, -0.2) is 39.4 Å². The third-order valence-electron chi connectivity index (χ3n) is 6.04. The van der Waals surface area contributed by atoms with Crippen molar-refractivity contribution in [3.05, 3.63) is 30.1 Å². The normalized spacial score (nSPS) is 16.1. The van der Waals surface area contributed by atoms with Crippen molar-refractivity contribution in [2.24, 2.45) is 5.92 Å². The molecule has 158 valence electrons. The van der Waals surface area contributed by atoms with Gasteiger partial charge in [-0.15, -0.1) is 0 Å². The van der Waals surface area contributed by atoms with Gasteiger partial charge in [-0.05, 0) is 44.7 Å². The van der Waals surface area contributed by atoms with Gasteiger partial charge in [0.1, 0.15) is 12.4 Å². The van der Waals surface area contributed by atoms with E-state index in [9.17, 15) is 9.59 Å². The lowest BCUT2D eigenvalue weighted by Gasteiger charge is -2.23. The van der Waals surface area contributed by atoms with Crippen molar-refractivity contribution >= 4 is 22.8 Å². The molecule has 1 aliphatic rings. The van der Waals surface area contributed by atoms with E-state index in [2.05, 4.69) is 5.32 Å². The van der Waals surface area contributed by atoms with Crippen LogP contribution in [-0.2, 0) is 16.1 Å². The van der Waals surface area contributed by atoms with Crippen molar-refractivity contribution in [3.63, 3.8) is 0 Å². The van der Waals surface area contributed by atoms with Crippen molar-refractivity contribution in [1.29, 1.82) is 0 Å². The molecule has 3 rings (SSSR count). The average molecular weight is 399 g/mol. The molecule has 2 heterocycles. The molecule has 1 N–H and O–H groups in total. The van der Waals surface area contributed by atoms with Crippen LogP contribution in [0.25, 0.3) is 11.0 Å². The van der Waals surface area contributed by atoms with E-state index in [1.165, 1.54) is 12.8 Å². The maximum atomic E-state index is 13.0. The molecule has 2 aromatic rings. The standard InChI is InChI=1S/C23H34N4O2/c1-4-18(5-2)23(29)24-17(3)22-25-19-12-8-9-13-20(19)27(22)16-21(28)26-14-10-6-7-11-15-26/h8-9,12-13,17-18H,4-7,10-11,14-16H2,1-3H3,(H,24,29). The number of imidazole rings is 1. The molecular formula is C23H34N4O2. The Bertz CT molecular complexity index is 833. The molecule has 0 bridgehead atoms. The van der Waals surface area contributed by atoms with Crippen LogP contribution in [0.3, 0.4) is 0 Å². The number of likely N-dealkylation sites (tertiary alicyclic amines) is 1. The van der Waals surface area contributed by atoms with Crippen LogP contribution < -0.4 is 5.32 Å². The summed E-state index contributed by atoms with van der Waals surface area (Å²) in [5.74, 6) is 0.942.